The summed E-state index contributed by atoms with van der Waals surface area (Å²) in [6.07, 6.45) is -0.282. The molecule has 0 radical (unpaired) electrons. The van der Waals surface area contributed by atoms with Gasteiger partial charge in [0.05, 0.1) is 6.10 Å². The van der Waals surface area contributed by atoms with Crippen LogP contribution in [0.25, 0.3) is 0 Å². The fourth-order valence-corrected chi connectivity index (χ4v) is 2.78. The maximum absolute atomic E-state index is 11.0. The standard InChI is InChI=1S/C9H13NO5/c11-6-3-4-1-2-5(6)7(8(12)13)10(4)9(14)15/h4-7,11H,1-3H2,(H,12,13)(H,14,15). The largest absolute Gasteiger partial charge is 0.480 e. The summed E-state index contributed by atoms with van der Waals surface area (Å²) in [6, 6.07) is -1.42. The number of carboxylic acids is 1. The number of hydrogen-bond donors (Lipinski definition) is 3. The van der Waals surface area contributed by atoms with E-state index in [1.54, 1.807) is 0 Å². The van der Waals surface area contributed by atoms with Crippen molar-refractivity contribution in [1.29, 1.82) is 0 Å². The van der Waals surface area contributed by atoms with Crippen LogP contribution in [-0.4, -0.2) is 50.5 Å². The number of carboxylic acid groups (broad SMARTS) is 2. The summed E-state index contributed by atoms with van der Waals surface area (Å²) < 4.78 is 0. The zero-order chi connectivity index (χ0) is 11.2. The van der Waals surface area contributed by atoms with Crippen molar-refractivity contribution in [3.63, 3.8) is 0 Å². The van der Waals surface area contributed by atoms with Crippen LogP contribution in [0.4, 0.5) is 4.79 Å². The van der Waals surface area contributed by atoms with Crippen LogP contribution in [0.15, 0.2) is 0 Å². The van der Waals surface area contributed by atoms with E-state index in [-0.39, 0.29) is 6.04 Å². The molecule has 2 heterocycles. The van der Waals surface area contributed by atoms with Gasteiger partial charge in [-0.15, -0.1) is 0 Å². The van der Waals surface area contributed by atoms with E-state index in [1.807, 2.05) is 0 Å². The van der Waals surface area contributed by atoms with Gasteiger partial charge in [0.25, 0.3) is 0 Å². The number of carbonyl (C=O) groups is 2. The Bertz CT molecular complexity index is 305. The van der Waals surface area contributed by atoms with Gasteiger partial charge in [0.2, 0.25) is 0 Å². The number of aliphatic hydroxyl groups is 1. The Morgan fingerprint density at radius 2 is 1.87 bits per heavy atom. The highest BCUT2D eigenvalue weighted by molar-refractivity contribution is 5.80. The van der Waals surface area contributed by atoms with Crippen LogP contribution in [0.2, 0.25) is 0 Å². The second-order valence-corrected chi connectivity index (χ2v) is 4.17. The molecule has 1 amide bonds. The highest BCUT2D eigenvalue weighted by atomic mass is 16.4. The fraction of sp³-hybridized carbons (Fsp3) is 0.778. The minimum absolute atomic E-state index is 0.344. The van der Waals surface area contributed by atoms with E-state index in [2.05, 4.69) is 0 Å². The summed E-state index contributed by atoms with van der Waals surface area (Å²) >= 11 is 0. The third kappa shape index (κ3) is 1.45. The molecule has 4 atom stereocenters. The molecule has 0 aromatic heterocycles. The number of nitrogens with zero attached hydrogens (tertiary/aromatic N) is 1. The summed E-state index contributed by atoms with van der Waals surface area (Å²) in [5.74, 6) is -1.62. The first kappa shape index (κ1) is 10.2. The molecule has 6 heteroatoms. The minimum Gasteiger partial charge on any atom is -0.480 e. The lowest BCUT2D eigenvalue weighted by Gasteiger charge is -2.50. The van der Waals surface area contributed by atoms with Gasteiger partial charge in [-0.05, 0) is 19.3 Å². The molecule has 2 aliphatic heterocycles. The Balaban J connectivity index is 2.31. The molecule has 15 heavy (non-hydrogen) atoms. The zero-order valence-electron chi connectivity index (χ0n) is 8.04. The number of piperidine rings is 2. The molecule has 2 bridgehead atoms. The molecule has 84 valence electrons. The summed E-state index contributed by atoms with van der Waals surface area (Å²) in [6.45, 7) is 0. The van der Waals surface area contributed by atoms with E-state index >= 15 is 0 Å². The highest BCUT2D eigenvalue weighted by Gasteiger charge is 2.51. The van der Waals surface area contributed by atoms with Gasteiger partial charge >= 0.3 is 12.1 Å². The van der Waals surface area contributed by atoms with Gasteiger partial charge < -0.3 is 15.3 Å². The van der Waals surface area contributed by atoms with E-state index in [1.165, 1.54) is 0 Å². The van der Waals surface area contributed by atoms with Gasteiger partial charge in [-0.1, -0.05) is 0 Å². The molecule has 0 aromatic rings. The molecule has 6 nitrogen and oxygen atoms in total. The van der Waals surface area contributed by atoms with Crippen LogP contribution >= 0.6 is 0 Å². The molecule has 0 spiro atoms. The van der Waals surface area contributed by atoms with E-state index in [0.29, 0.717) is 19.3 Å². The van der Waals surface area contributed by atoms with Crippen molar-refractivity contribution in [3.8, 4) is 0 Å². The van der Waals surface area contributed by atoms with Gasteiger partial charge in [0.15, 0.2) is 0 Å². The Kier molecular flexibility index (Phi) is 2.30. The summed E-state index contributed by atoms with van der Waals surface area (Å²) in [5, 5.41) is 27.6. The first-order valence-corrected chi connectivity index (χ1v) is 4.94. The van der Waals surface area contributed by atoms with Crippen molar-refractivity contribution in [3.05, 3.63) is 0 Å². The van der Waals surface area contributed by atoms with Gasteiger partial charge in [0, 0.05) is 12.0 Å². The topological polar surface area (TPSA) is 98.1 Å². The predicted octanol–water partition coefficient (Wildman–Crippen LogP) is -0.0372. The Morgan fingerprint density at radius 3 is 2.33 bits per heavy atom. The average molecular weight is 215 g/mol. The van der Waals surface area contributed by atoms with Crippen molar-refractivity contribution >= 4 is 12.1 Å². The van der Waals surface area contributed by atoms with Gasteiger partial charge in [-0.3, -0.25) is 4.90 Å². The van der Waals surface area contributed by atoms with Crippen molar-refractivity contribution in [2.75, 3.05) is 0 Å². The lowest BCUT2D eigenvalue weighted by Crippen LogP contribution is -2.64. The lowest BCUT2D eigenvalue weighted by atomic mass is 9.73. The summed E-state index contributed by atoms with van der Waals surface area (Å²) in [4.78, 5) is 22.9. The van der Waals surface area contributed by atoms with Crippen LogP contribution in [0.5, 0.6) is 0 Å². The molecule has 1 aliphatic carbocycles. The van der Waals surface area contributed by atoms with E-state index < -0.39 is 30.1 Å². The van der Waals surface area contributed by atoms with E-state index in [4.69, 9.17) is 10.2 Å². The second kappa shape index (κ2) is 3.37. The Hall–Kier alpha value is -1.30. The molecular formula is C9H13NO5. The maximum Gasteiger partial charge on any atom is 0.408 e. The molecule has 1 saturated carbocycles. The lowest BCUT2D eigenvalue weighted by molar-refractivity contribution is -0.157. The Labute approximate surface area is 86.1 Å². The zero-order valence-corrected chi connectivity index (χ0v) is 8.04. The predicted molar refractivity (Wildman–Crippen MR) is 48.4 cm³/mol. The van der Waals surface area contributed by atoms with E-state index in [0.717, 1.165) is 4.90 Å². The highest BCUT2D eigenvalue weighted by Crippen LogP contribution is 2.39. The molecule has 0 aromatic carbocycles. The normalized spacial score (nSPS) is 39.1. The van der Waals surface area contributed by atoms with Crippen LogP contribution in [-0.2, 0) is 4.79 Å². The number of fused-ring (bicyclic) bond motifs is 3. The van der Waals surface area contributed by atoms with Crippen LogP contribution in [0, 0.1) is 5.92 Å². The number of amides is 1. The van der Waals surface area contributed by atoms with Crippen molar-refractivity contribution in [1.82, 2.24) is 4.90 Å². The maximum atomic E-state index is 11.0. The van der Waals surface area contributed by atoms with Crippen molar-refractivity contribution in [2.45, 2.75) is 37.5 Å². The summed E-state index contributed by atoms with van der Waals surface area (Å²) in [7, 11) is 0. The molecular weight excluding hydrogens is 202 g/mol. The van der Waals surface area contributed by atoms with Crippen LogP contribution in [0.3, 0.4) is 0 Å². The smallest absolute Gasteiger partial charge is 0.408 e. The quantitative estimate of drug-likeness (QED) is 0.570. The molecule has 3 aliphatic rings. The minimum atomic E-state index is -1.20. The first-order valence-electron chi connectivity index (χ1n) is 4.94. The van der Waals surface area contributed by atoms with E-state index in [9.17, 15) is 14.7 Å². The number of aliphatic carboxylic acids is 1. The molecule has 2 saturated heterocycles. The number of hydrogen-bond acceptors (Lipinski definition) is 3. The van der Waals surface area contributed by atoms with Gasteiger partial charge in [-0.2, -0.15) is 0 Å². The van der Waals surface area contributed by atoms with Crippen molar-refractivity contribution in [2.24, 2.45) is 5.92 Å². The van der Waals surface area contributed by atoms with Gasteiger partial charge in [0.1, 0.15) is 6.04 Å². The van der Waals surface area contributed by atoms with Gasteiger partial charge in [-0.25, -0.2) is 9.59 Å². The van der Waals surface area contributed by atoms with Crippen molar-refractivity contribution < 1.29 is 24.9 Å². The summed E-state index contributed by atoms with van der Waals surface area (Å²) in [5.41, 5.74) is 0. The molecule has 3 fully saturated rings. The van der Waals surface area contributed by atoms with Crippen LogP contribution in [0.1, 0.15) is 19.3 Å². The molecule has 3 N–H and O–H groups in total. The second-order valence-electron chi connectivity index (χ2n) is 4.17. The molecule has 4 unspecified atom stereocenters. The molecule has 3 rings (SSSR count). The third-order valence-electron chi connectivity index (χ3n) is 3.41. The number of rotatable bonds is 1. The van der Waals surface area contributed by atoms with Crippen LogP contribution < -0.4 is 0 Å². The number of aliphatic hydroxyl groups excluding tert-OH is 1. The third-order valence-corrected chi connectivity index (χ3v) is 3.41. The first-order chi connectivity index (χ1) is 7.02. The Morgan fingerprint density at radius 1 is 1.20 bits per heavy atom. The average Bonchev–Trinajstić information content (AvgIpc) is 2.16. The fourth-order valence-electron chi connectivity index (χ4n) is 2.78. The SMILES string of the molecule is O=C(O)C1C2CCC(CC2O)N1C(=O)O. The monoisotopic (exact) mass is 215 g/mol.